The Morgan fingerprint density at radius 1 is 1.40 bits per heavy atom. The van der Waals surface area contributed by atoms with Gasteiger partial charge in [0.15, 0.2) is 0 Å². The number of carbonyl (C=O) groups excluding carboxylic acids is 1. The maximum atomic E-state index is 12.2. The molecular formula is C16H24N2O2. The van der Waals surface area contributed by atoms with E-state index in [-0.39, 0.29) is 11.9 Å². The van der Waals surface area contributed by atoms with E-state index in [0.717, 1.165) is 19.5 Å². The number of ether oxygens (including phenoxy) is 1. The number of rotatable bonds is 5. The topological polar surface area (TPSA) is 41.6 Å². The van der Waals surface area contributed by atoms with Crippen LogP contribution in [0.3, 0.4) is 0 Å². The highest BCUT2D eigenvalue weighted by Crippen LogP contribution is 2.12. The van der Waals surface area contributed by atoms with Crippen molar-refractivity contribution in [3.05, 3.63) is 35.9 Å². The molecule has 2 atom stereocenters. The Morgan fingerprint density at radius 3 is 2.85 bits per heavy atom. The highest BCUT2D eigenvalue weighted by Gasteiger charge is 2.28. The third-order valence-corrected chi connectivity index (χ3v) is 3.82. The molecule has 0 bridgehead atoms. The van der Waals surface area contributed by atoms with Crippen molar-refractivity contribution >= 4 is 5.91 Å². The third kappa shape index (κ3) is 4.05. The Kier molecular flexibility index (Phi) is 5.56. The number of hydrogen-bond acceptors (Lipinski definition) is 3. The fraction of sp³-hybridized carbons (Fsp3) is 0.562. The quantitative estimate of drug-likeness (QED) is 0.885. The lowest BCUT2D eigenvalue weighted by Gasteiger charge is -2.39. The van der Waals surface area contributed by atoms with Gasteiger partial charge in [0.1, 0.15) is 0 Å². The molecule has 2 rings (SSSR count). The first-order valence-corrected chi connectivity index (χ1v) is 7.26. The van der Waals surface area contributed by atoms with Gasteiger partial charge in [-0.05, 0) is 18.9 Å². The first-order chi connectivity index (χ1) is 9.70. The second-order valence-electron chi connectivity index (χ2n) is 5.43. The van der Waals surface area contributed by atoms with Crippen LogP contribution in [0.5, 0.6) is 0 Å². The maximum Gasteiger partial charge on any atom is 0.225 e. The van der Waals surface area contributed by atoms with Gasteiger partial charge in [0.25, 0.3) is 0 Å². The number of piperazine rings is 1. The Bertz CT molecular complexity index is 422. The summed E-state index contributed by atoms with van der Waals surface area (Å²) in [5.74, 6) is 0.193. The summed E-state index contributed by atoms with van der Waals surface area (Å²) in [6.45, 7) is 4.23. The zero-order valence-corrected chi connectivity index (χ0v) is 12.3. The summed E-state index contributed by atoms with van der Waals surface area (Å²) in [6.07, 6.45) is 1.43. The van der Waals surface area contributed by atoms with Crippen LogP contribution in [0.1, 0.15) is 18.9 Å². The van der Waals surface area contributed by atoms with Gasteiger partial charge >= 0.3 is 0 Å². The molecule has 20 heavy (non-hydrogen) atoms. The summed E-state index contributed by atoms with van der Waals surface area (Å²) in [5.41, 5.74) is 1.31. The molecule has 1 saturated heterocycles. The first-order valence-electron chi connectivity index (χ1n) is 7.26. The van der Waals surface area contributed by atoms with Crippen LogP contribution in [-0.4, -0.2) is 49.7 Å². The van der Waals surface area contributed by atoms with E-state index in [4.69, 9.17) is 4.74 Å². The molecule has 1 N–H and O–H groups in total. The van der Waals surface area contributed by atoms with Gasteiger partial charge in [-0.3, -0.25) is 4.79 Å². The molecule has 1 aromatic rings. The number of amides is 1. The summed E-state index contributed by atoms with van der Waals surface area (Å²) in [5, 5.41) is 3.53. The maximum absolute atomic E-state index is 12.2. The summed E-state index contributed by atoms with van der Waals surface area (Å²) < 4.78 is 5.00. The predicted molar refractivity (Wildman–Crippen MR) is 79.6 cm³/mol. The zero-order valence-electron chi connectivity index (χ0n) is 12.3. The van der Waals surface area contributed by atoms with Crippen molar-refractivity contribution in [2.75, 3.05) is 26.8 Å². The van der Waals surface area contributed by atoms with E-state index in [9.17, 15) is 4.79 Å². The number of nitrogens with one attached hydrogen (secondary N) is 1. The van der Waals surface area contributed by atoms with E-state index >= 15 is 0 Å². The molecule has 1 aliphatic heterocycles. The highest BCUT2D eigenvalue weighted by molar-refractivity contribution is 5.76. The van der Waals surface area contributed by atoms with Gasteiger partial charge in [0, 0.05) is 32.3 Å². The SMILES string of the molecule is COCCC(=O)N1CC(Cc2ccccc2)NCC1C. The monoisotopic (exact) mass is 276 g/mol. The van der Waals surface area contributed by atoms with Crippen LogP contribution in [-0.2, 0) is 16.0 Å². The fourth-order valence-electron chi connectivity index (χ4n) is 2.65. The largest absolute Gasteiger partial charge is 0.384 e. The predicted octanol–water partition coefficient (Wildman–Crippen LogP) is 1.45. The van der Waals surface area contributed by atoms with E-state index < -0.39 is 0 Å². The minimum atomic E-state index is 0.193. The van der Waals surface area contributed by atoms with E-state index in [1.807, 2.05) is 11.0 Å². The minimum Gasteiger partial charge on any atom is -0.384 e. The molecule has 0 spiro atoms. The molecule has 1 aliphatic rings. The number of nitrogens with zero attached hydrogens (tertiary/aromatic N) is 1. The van der Waals surface area contributed by atoms with Gasteiger partial charge in [-0.1, -0.05) is 30.3 Å². The second-order valence-corrected chi connectivity index (χ2v) is 5.43. The second kappa shape index (κ2) is 7.41. The van der Waals surface area contributed by atoms with Crippen LogP contribution < -0.4 is 5.32 Å². The van der Waals surface area contributed by atoms with Crippen LogP contribution >= 0.6 is 0 Å². The highest BCUT2D eigenvalue weighted by atomic mass is 16.5. The van der Waals surface area contributed by atoms with Crippen molar-refractivity contribution in [1.29, 1.82) is 0 Å². The number of benzene rings is 1. The first kappa shape index (κ1) is 15.0. The van der Waals surface area contributed by atoms with Crippen molar-refractivity contribution in [1.82, 2.24) is 10.2 Å². The summed E-state index contributed by atoms with van der Waals surface area (Å²) >= 11 is 0. The van der Waals surface area contributed by atoms with Gasteiger partial charge < -0.3 is 15.0 Å². The molecular weight excluding hydrogens is 252 g/mol. The number of methoxy groups -OCH3 is 1. The van der Waals surface area contributed by atoms with Gasteiger partial charge in [-0.2, -0.15) is 0 Å². The van der Waals surface area contributed by atoms with Crippen molar-refractivity contribution in [3.63, 3.8) is 0 Å². The third-order valence-electron chi connectivity index (χ3n) is 3.82. The molecule has 0 saturated carbocycles. The smallest absolute Gasteiger partial charge is 0.225 e. The van der Waals surface area contributed by atoms with Gasteiger partial charge in [-0.15, -0.1) is 0 Å². The summed E-state index contributed by atoms with van der Waals surface area (Å²) in [4.78, 5) is 14.2. The Morgan fingerprint density at radius 2 is 2.15 bits per heavy atom. The molecule has 110 valence electrons. The molecule has 4 heteroatoms. The lowest BCUT2D eigenvalue weighted by Crippen LogP contribution is -2.58. The molecule has 0 aromatic heterocycles. The van der Waals surface area contributed by atoms with Crippen LogP contribution in [0.15, 0.2) is 30.3 Å². The Balaban J connectivity index is 1.92. The molecule has 4 nitrogen and oxygen atoms in total. The molecule has 1 heterocycles. The lowest BCUT2D eigenvalue weighted by atomic mass is 10.0. The van der Waals surface area contributed by atoms with Crippen LogP contribution in [0.4, 0.5) is 0 Å². The average molecular weight is 276 g/mol. The van der Waals surface area contributed by atoms with Crippen LogP contribution in [0, 0.1) is 0 Å². The van der Waals surface area contributed by atoms with E-state index in [1.165, 1.54) is 5.56 Å². The average Bonchev–Trinajstić information content (AvgIpc) is 2.48. The molecule has 2 unspecified atom stereocenters. The summed E-state index contributed by atoms with van der Waals surface area (Å²) in [7, 11) is 1.63. The molecule has 0 aliphatic carbocycles. The summed E-state index contributed by atoms with van der Waals surface area (Å²) in [6, 6.07) is 11.0. The Hall–Kier alpha value is -1.39. The normalized spacial score (nSPS) is 22.8. The number of hydrogen-bond donors (Lipinski definition) is 1. The van der Waals surface area contributed by atoms with Crippen LogP contribution in [0.25, 0.3) is 0 Å². The van der Waals surface area contributed by atoms with Gasteiger partial charge in [-0.25, -0.2) is 0 Å². The van der Waals surface area contributed by atoms with Crippen molar-refractivity contribution in [2.24, 2.45) is 0 Å². The van der Waals surface area contributed by atoms with Crippen molar-refractivity contribution < 1.29 is 9.53 Å². The van der Waals surface area contributed by atoms with Crippen molar-refractivity contribution in [3.8, 4) is 0 Å². The molecule has 1 aromatic carbocycles. The van der Waals surface area contributed by atoms with Crippen molar-refractivity contribution in [2.45, 2.75) is 31.8 Å². The molecule has 1 fully saturated rings. The van der Waals surface area contributed by atoms with Crippen LogP contribution in [0.2, 0.25) is 0 Å². The molecule has 1 amide bonds. The molecule has 0 radical (unpaired) electrons. The Labute approximate surface area is 121 Å². The van der Waals surface area contributed by atoms with Gasteiger partial charge in [0.2, 0.25) is 5.91 Å². The van der Waals surface area contributed by atoms with E-state index in [1.54, 1.807) is 7.11 Å². The van der Waals surface area contributed by atoms with E-state index in [0.29, 0.717) is 19.1 Å². The zero-order chi connectivity index (χ0) is 14.4. The lowest BCUT2D eigenvalue weighted by molar-refractivity contribution is -0.135. The number of carbonyl (C=O) groups is 1. The standard InChI is InChI=1S/C16H24N2O2/c1-13-11-17-15(10-14-6-4-3-5-7-14)12-18(13)16(19)8-9-20-2/h3-7,13,15,17H,8-12H2,1-2H3. The fourth-order valence-corrected chi connectivity index (χ4v) is 2.65. The van der Waals surface area contributed by atoms with E-state index in [2.05, 4.69) is 36.5 Å². The van der Waals surface area contributed by atoms with Gasteiger partial charge in [0.05, 0.1) is 13.0 Å². The minimum absolute atomic E-state index is 0.193.